The number of hydrogen-bond donors (Lipinski definition) is 1. The minimum absolute atomic E-state index is 0.802. The highest BCUT2D eigenvalue weighted by Crippen LogP contribution is 2.07. The van der Waals surface area contributed by atoms with Gasteiger partial charge in [-0.25, -0.2) is 0 Å². The van der Waals surface area contributed by atoms with Crippen LogP contribution in [-0.4, -0.2) is 5.75 Å². The molecule has 0 nitrogen and oxygen atoms in total. The van der Waals surface area contributed by atoms with Gasteiger partial charge in [0.05, 0.1) is 0 Å². The average Bonchev–Trinajstić information content (AvgIpc) is 2.17. The highest BCUT2D eigenvalue weighted by atomic mass is 32.1. The van der Waals surface area contributed by atoms with Gasteiger partial charge in [-0.2, -0.15) is 12.6 Å². The molecule has 13 heavy (non-hydrogen) atoms. The van der Waals surface area contributed by atoms with E-state index in [0.29, 0.717) is 0 Å². The van der Waals surface area contributed by atoms with E-state index in [4.69, 9.17) is 0 Å². The molecule has 0 bridgehead atoms. The third-order valence-electron chi connectivity index (χ3n) is 1.93. The van der Waals surface area contributed by atoms with Crippen molar-refractivity contribution in [3.63, 3.8) is 0 Å². The maximum atomic E-state index is 4.12. The van der Waals surface area contributed by atoms with Crippen LogP contribution < -0.4 is 0 Å². The van der Waals surface area contributed by atoms with Crippen molar-refractivity contribution in [2.24, 2.45) is 0 Å². The van der Waals surface area contributed by atoms with Crippen LogP contribution in [0.5, 0.6) is 0 Å². The molecule has 0 aliphatic heterocycles. The first-order chi connectivity index (χ1) is 6.36. The Kier molecular flexibility index (Phi) is 4.69. The van der Waals surface area contributed by atoms with Crippen LogP contribution in [-0.2, 0) is 6.42 Å². The highest BCUT2D eigenvalue weighted by molar-refractivity contribution is 7.80. The molecule has 0 amide bonds. The summed E-state index contributed by atoms with van der Waals surface area (Å²) in [7, 11) is 0. The molecule has 0 aliphatic carbocycles. The predicted molar refractivity (Wildman–Crippen MR) is 63.3 cm³/mol. The van der Waals surface area contributed by atoms with Crippen LogP contribution in [0.1, 0.15) is 24.5 Å². The molecule has 70 valence electrons. The molecule has 0 aromatic heterocycles. The van der Waals surface area contributed by atoms with Crippen LogP contribution >= 0.6 is 12.6 Å². The first-order valence-electron chi connectivity index (χ1n) is 4.73. The molecule has 0 spiro atoms. The summed E-state index contributed by atoms with van der Waals surface area (Å²) in [5, 5.41) is 0. The number of aryl methyl sites for hydroxylation is 1. The van der Waals surface area contributed by atoms with Gasteiger partial charge in [-0.15, -0.1) is 0 Å². The molecule has 0 fully saturated rings. The quantitative estimate of drug-likeness (QED) is 0.693. The van der Waals surface area contributed by atoms with Crippen molar-refractivity contribution in [3.05, 3.63) is 41.5 Å². The molecule has 1 heteroatoms. The molecule has 0 atom stereocenters. The molecule has 1 aromatic carbocycles. The fraction of sp³-hybridized carbons (Fsp3) is 0.333. The fourth-order valence-electron chi connectivity index (χ4n) is 1.27. The summed E-state index contributed by atoms with van der Waals surface area (Å²) >= 11 is 4.12. The molecular weight excluding hydrogens is 176 g/mol. The maximum absolute atomic E-state index is 4.12. The van der Waals surface area contributed by atoms with E-state index in [1.54, 1.807) is 0 Å². The minimum atomic E-state index is 0.802. The van der Waals surface area contributed by atoms with Crippen molar-refractivity contribution < 1.29 is 0 Å². The van der Waals surface area contributed by atoms with Crippen LogP contribution in [0.2, 0.25) is 0 Å². The Hall–Kier alpha value is -0.690. The molecule has 1 aromatic rings. The molecule has 0 N–H and O–H groups in total. The Balaban J connectivity index is 2.64. The summed E-state index contributed by atoms with van der Waals surface area (Å²) in [6.45, 7) is 2.20. The van der Waals surface area contributed by atoms with E-state index >= 15 is 0 Å². The molecule has 0 unspecified atom stereocenters. The van der Waals surface area contributed by atoms with Gasteiger partial charge < -0.3 is 0 Å². The van der Waals surface area contributed by atoms with Gasteiger partial charge in [0, 0.05) is 5.75 Å². The van der Waals surface area contributed by atoms with Gasteiger partial charge in [0.25, 0.3) is 0 Å². The van der Waals surface area contributed by atoms with Gasteiger partial charge >= 0.3 is 0 Å². The van der Waals surface area contributed by atoms with E-state index in [1.165, 1.54) is 24.0 Å². The Bertz CT molecular complexity index is 259. The lowest BCUT2D eigenvalue weighted by molar-refractivity contribution is 0.922. The molecule has 0 saturated carbocycles. The van der Waals surface area contributed by atoms with Crippen LogP contribution in [0.25, 0.3) is 6.08 Å². The van der Waals surface area contributed by atoms with Gasteiger partial charge in [-0.1, -0.05) is 49.8 Å². The second-order valence-corrected chi connectivity index (χ2v) is 3.44. The minimum Gasteiger partial charge on any atom is -0.175 e. The van der Waals surface area contributed by atoms with Crippen LogP contribution in [0.4, 0.5) is 0 Å². The van der Waals surface area contributed by atoms with Crippen molar-refractivity contribution in [2.45, 2.75) is 19.8 Å². The van der Waals surface area contributed by atoms with Crippen molar-refractivity contribution in [1.29, 1.82) is 0 Å². The third kappa shape index (κ3) is 3.69. The molecule has 1 rings (SSSR count). The van der Waals surface area contributed by atoms with Crippen molar-refractivity contribution in [3.8, 4) is 0 Å². The SMILES string of the molecule is CCCc1ccc(C=CCS)cc1. The second kappa shape index (κ2) is 5.87. The maximum Gasteiger partial charge on any atom is 0.00858 e. The fourth-order valence-corrected chi connectivity index (χ4v) is 1.38. The van der Waals surface area contributed by atoms with Crippen LogP contribution in [0, 0.1) is 0 Å². The van der Waals surface area contributed by atoms with Crippen LogP contribution in [0.3, 0.4) is 0 Å². The smallest absolute Gasteiger partial charge is 0.00858 e. The topological polar surface area (TPSA) is 0 Å². The highest BCUT2D eigenvalue weighted by Gasteiger charge is 1.90. The van der Waals surface area contributed by atoms with Crippen molar-refractivity contribution in [2.75, 3.05) is 5.75 Å². The molecule has 0 radical (unpaired) electrons. The van der Waals surface area contributed by atoms with Gasteiger partial charge in [-0.05, 0) is 17.5 Å². The van der Waals surface area contributed by atoms with E-state index in [2.05, 4.69) is 56.0 Å². The molecule has 0 aliphatic rings. The lowest BCUT2D eigenvalue weighted by atomic mass is 10.1. The molecule has 0 heterocycles. The predicted octanol–water partition coefficient (Wildman–Crippen LogP) is 3.58. The number of rotatable bonds is 4. The lowest BCUT2D eigenvalue weighted by Crippen LogP contribution is -1.82. The molecular formula is C12H16S. The Labute approximate surface area is 86.1 Å². The van der Waals surface area contributed by atoms with E-state index in [0.717, 1.165) is 5.75 Å². The van der Waals surface area contributed by atoms with Crippen molar-refractivity contribution in [1.82, 2.24) is 0 Å². The standard InChI is InChI=1S/C12H16S/c1-2-4-11-6-8-12(9-7-11)5-3-10-13/h3,5-9,13H,2,4,10H2,1H3. The zero-order chi connectivity index (χ0) is 9.52. The van der Waals surface area contributed by atoms with Crippen LogP contribution in [0.15, 0.2) is 30.3 Å². The van der Waals surface area contributed by atoms with E-state index in [1.807, 2.05) is 0 Å². The largest absolute Gasteiger partial charge is 0.175 e. The summed E-state index contributed by atoms with van der Waals surface area (Å²) in [4.78, 5) is 0. The first-order valence-corrected chi connectivity index (χ1v) is 5.36. The van der Waals surface area contributed by atoms with Gasteiger partial charge in [0.1, 0.15) is 0 Å². The Morgan fingerprint density at radius 2 is 1.92 bits per heavy atom. The summed E-state index contributed by atoms with van der Waals surface area (Å²) in [5.74, 6) is 0.802. The van der Waals surface area contributed by atoms with Crippen molar-refractivity contribution >= 4 is 18.7 Å². The summed E-state index contributed by atoms with van der Waals surface area (Å²) in [6.07, 6.45) is 6.54. The second-order valence-electron chi connectivity index (χ2n) is 3.08. The zero-order valence-electron chi connectivity index (χ0n) is 8.03. The van der Waals surface area contributed by atoms with E-state index in [-0.39, 0.29) is 0 Å². The first kappa shape index (κ1) is 10.4. The Morgan fingerprint density at radius 3 is 2.46 bits per heavy atom. The number of benzene rings is 1. The molecule has 0 saturated heterocycles. The summed E-state index contributed by atoms with van der Waals surface area (Å²) < 4.78 is 0. The monoisotopic (exact) mass is 192 g/mol. The van der Waals surface area contributed by atoms with Gasteiger partial charge in [0.15, 0.2) is 0 Å². The number of hydrogen-bond acceptors (Lipinski definition) is 1. The summed E-state index contributed by atoms with van der Waals surface area (Å²) in [5.41, 5.74) is 2.68. The van der Waals surface area contributed by atoms with Gasteiger partial charge in [-0.3, -0.25) is 0 Å². The van der Waals surface area contributed by atoms with Gasteiger partial charge in [0.2, 0.25) is 0 Å². The zero-order valence-corrected chi connectivity index (χ0v) is 8.93. The van der Waals surface area contributed by atoms with E-state index < -0.39 is 0 Å². The van der Waals surface area contributed by atoms with E-state index in [9.17, 15) is 0 Å². The summed E-state index contributed by atoms with van der Waals surface area (Å²) in [6, 6.07) is 8.71. The number of thiol groups is 1. The third-order valence-corrected chi connectivity index (χ3v) is 2.14. The lowest BCUT2D eigenvalue weighted by Gasteiger charge is -1.98. The average molecular weight is 192 g/mol. The normalized spacial score (nSPS) is 10.9. The Morgan fingerprint density at radius 1 is 1.23 bits per heavy atom.